The monoisotopic (exact) mass is 314 g/mol. The number of rotatable bonds is 2. The molecule has 0 spiro atoms. The van der Waals surface area contributed by atoms with E-state index in [-0.39, 0.29) is 17.2 Å². The summed E-state index contributed by atoms with van der Waals surface area (Å²) in [7, 11) is 0. The molecule has 0 saturated carbocycles. The van der Waals surface area contributed by atoms with E-state index >= 15 is 0 Å². The van der Waals surface area contributed by atoms with Crippen LogP contribution in [0.25, 0.3) is 0 Å². The maximum absolute atomic E-state index is 11.9. The van der Waals surface area contributed by atoms with E-state index in [0.717, 1.165) is 6.42 Å². The molecule has 21 heavy (non-hydrogen) atoms. The van der Waals surface area contributed by atoms with Gasteiger partial charge in [-0.05, 0) is 27.2 Å². The minimum atomic E-state index is -0.508. The normalized spacial score (nSPS) is 18.7. The maximum Gasteiger partial charge on any atom is 0.410 e. The second-order valence-electron chi connectivity index (χ2n) is 5.97. The first kappa shape index (κ1) is 15.6. The standard InChI is InChI=1S/C13H19ClN4O3/c1-13(2,3)21-12(20)18-5-4-8(7-18)16-11-15-6-9(14)10(19)17-11/h6,8H,4-5,7H2,1-3H3,(H2,15,16,17,19)/t8-/m1/s1. The highest BCUT2D eigenvalue weighted by atomic mass is 35.5. The number of H-pyrrole nitrogens is 1. The van der Waals surface area contributed by atoms with Crippen molar-refractivity contribution in [2.24, 2.45) is 0 Å². The second-order valence-corrected chi connectivity index (χ2v) is 6.37. The first-order chi connectivity index (χ1) is 9.74. The Hall–Kier alpha value is -1.76. The van der Waals surface area contributed by atoms with Gasteiger partial charge in [0.25, 0.3) is 5.56 Å². The molecule has 1 atom stereocenters. The SMILES string of the molecule is CC(C)(C)OC(=O)N1CC[C@@H](Nc2ncc(Cl)c(=O)[nH]2)C1. The molecule has 0 aliphatic carbocycles. The van der Waals surface area contributed by atoms with Gasteiger partial charge in [-0.25, -0.2) is 9.78 Å². The number of amides is 1. The molecule has 2 N–H and O–H groups in total. The lowest BCUT2D eigenvalue weighted by atomic mass is 10.2. The number of nitrogens with zero attached hydrogens (tertiary/aromatic N) is 2. The number of aromatic nitrogens is 2. The summed E-state index contributed by atoms with van der Waals surface area (Å²) in [6, 6.07) is 0.0156. The summed E-state index contributed by atoms with van der Waals surface area (Å²) in [6.07, 6.45) is 1.72. The van der Waals surface area contributed by atoms with Crippen LogP contribution in [0.2, 0.25) is 5.02 Å². The zero-order valence-electron chi connectivity index (χ0n) is 12.3. The van der Waals surface area contributed by atoms with E-state index in [2.05, 4.69) is 15.3 Å². The van der Waals surface area contributed by atoms with Gasteiger partial charge in [0, 0.05) is 19.1 Å². The van der Waals surface area contributed by atoms with Gasteiger partial charge in [0.1, 0.15) is 10.6 Å². The summed E-state index contributed by atoms with van der Waals surface area (Å²) in [5.74, 6) is 0.348. The van der Waals surface area contributed by atoms with Crippen molar-refractivity contribution < 1.29 is 9.53 Å². The third kappa shape index (κ3) is 4.35. The van der Waals surface area contributed by atoms with Gasteiger partial charge in [0.2, 0.25) is 5.95 Å². The quantitative estimate of drug-likeness (QED) is 0.869. The zero-order valence-corrected chi connectivity index (χ0v) is 13.0. The van der Waals surface area contributed by atoms with Crippen molar-refractivity contribution in [3.05, 3.63) is 21.6 Å². The highest BCUT2D eigenvalue weighted by Crippen LogP contribution is 2.17. The topological polar surface area (TPSA) is 87.3 Å². The van der Waals surface area contributed by atoms with Crippen molar-refractivity contribution in [2.45, 2.75) is 38.8 Å². The van der Waals surface area contributed by atoms with Gasteiger partial charge in [0.15, 0.2) is 0 Å². The van der Waals surface area contributed by atoms with E-state index in [9.17, 15) is 9.59 Å². The Morgan fingerprint density at radius 2 is 2.29 bits per heavy atom. The van der Waals surface area contributed by atoms with Gasteiger partial charge in [0.05, 0.1) is 6.20 Å². The van der Waals surface area contributed by atoms with Crippen LogP contribution in [-0.2, 0) is 4.74 Å². The van der Waals surface area contributed by atoms with Crippen LogP contribution in [0.3, 0.4) is 0 Å². The molecule has 7 nitrogen and oxygen atoms in total. The third-order valence-corrected chi connectivity index (χ3v) is 3.21. The number of likely N-dealkylation sites (tertiary alicyclic amines) is 1. The van der Waals surface area contributed by atoms with Crippen LogP contribution in [0.5, 0.6) is 0 Å². The first-order valence-electron chi connectivity index (χ1n) is 6.74. The summed E-state index contributed by atoms with van der Waals surface area (Å²) in [4.78, 5) is 31.5. The summed E-state index contributed by atoms with van der Waals surface area (Å²) < 4.78 is 5.32. The van der Waals surface area contributed by atoms with Gasteiger partial charge in [-0.1, -0.05) is 11.6 Å². The van der Waals surface area contributed by atoms with Crippen LogP contribution in [0.4, 0.5) is 10.7 Å². The molecule has 2 rings (SSSR count). The summed E-state index contributed by atoms with van der Waals surface area (Å²) in [6.45, 7) is 6.60. The van der Waals surface area contributed by atoms with Gasteiger partial charge >= 0.3 is 6.09 Å². The molecule has 0 unspecified atom stereocenters. The molecule has 1 amide bonds. The van der Waals surface area contributed by atoms with Crippen LogP contribution in [0.15, 0.2) is 11.0 Å². The molecule has 1 aromatic rings. The van der Waals surface area contributed by atoms with Crippen molar-refractivity contribution in [2.75, 3.05) is 18.4 Å². The van der Waals surface area contributed by atoms with E-state index < -0.39 is 11.2 Å². The Labute approximate surface area is 127 Å². The van der Waals surface area contributed by atoms with E-state index in [4.69, 9.17) is 16.3 Å². The van der Waals surface area contributed by atoms with E-state index in [0.29, 0.717) is 19.0 Å². The van der Waals surface area contributed by atoms with Crippen LogP contribution in [0.1, 0.15) is 27.2 Å². The number of anilines is 1. The lowest BCUT2D eigenvalue weighted by Gasteiger charge is -2.24. The van der Waals surface area contributed by atoms with Crippen LogP contribution >= 0.6 is 11.6 Å². The van der Waals surface area contributed by atoms with Crippen molar-refractivity contribution in [3.8, 4) is 0 Å². The molecule has 8 heteroatoms. The zero-order chi connectivity index (χ0) is 15.6. The van der Waals surface area contributed by atoms with Crippen molar-refractivity contribution in [1.29, 1.82) is 0 Å². The van der Waals surface area contributed by atoms with Crippen molar-refractivity contribution in [3.63, 3.8) is 0 Å². The fraction of sp³-hybridized carbons (Fsp3) is 0.615. The third-order valence-electron chi connectivity index (χ3n) is 2.94. The Morgan fingerprint density at radius 1 is 1.57 bits per heavy atom. The lowest BCUT2D eigenvalue weighted by molar-refractivity contribution is 0.0293. The second kappa shape index (κ2) is 5.93. The number of carbonyl (C=O) groups is 1. The molecule has 1 aromatic heterocycles. The van der Waals surface area contributed by atoms with E-state index in [1.54, 1.807) is 4.90 Å². The van der Waals surface area contributed by atoms with E-state index in [1.165, 1.54) is 6.20 Å². The predicted octanol–water partition coefficient (Wildman–Crippen LogP) is 1.84. The number of nitrogens with one attached hydrogen (secondary N) is 2. The lowest BCUT2D eigenvalue weighted by Crippen LogP contribution is -2.36. The van der Waals surface area contributed by atoms with Gasteiger partial charge in [-0.2, -0.15) is 0 Å². The Morgan fingerprint density at radius 3 is 2.90 bits per heavy atom. The van der Waals surface area contributed by atoms with Crippen LogP contribution in [0, 0.1) is 0 Å². The predicted molar refractivity (Wildman–Crippen MR) is 79.7 cm³/mol. The summed E-state index contributed by atoms with van der Waals surface area (Å²) in [5.41, 5.74) is -0.901. The van der Waals surface area contributed by atoms with Crippen molar-refractivity contribution in [1.82, 2.24) is 14.9 Å². The molecule has 0 aromatic carbocycles. The molecule has 116 valence electrons. The average Bonchev–Trinajstić information content (AvgIpc) is 2.80. The number of ether oxygens (including phenoxy) is 1. The van der Waals surface area contributed by atoms with Crippen LogP contribution < -0.4 is 10.9 Å². The maximum atomic E-state index is 11.9. The molecule has 1 aliphatic heterocycles. The molecule has 1 saturated heterocycles. The smallest absolute Gasteiger partial charge is 0.410 e. The minimum Gasteiger partial charge on any atom is -0.444 e. The highest BCUT2D eigenvalue weighted by molar-refractivity contribution is 6.30. The summed E-state index contributed by atoms with van der Waals surface area (Å²) in [5, 5.41) is 3.13. The fourth-order valence-corrected chi connectivity index (χ4v) is 2.11. The molecular weight excluding hydrogens is 296 g/mol. The number of carbonyl (C=O) groups excluding carboxylic acids is 1. The van der Waals surface area contributed by atoms with Crippen LogP contribution in [-0.4, -0.2) is 45.7 Å². The number of aromatic amines is 1. The van der Waals surface area contributed by atoms with Gasteiger partial charge in [-0.3, -0.25) is 9.78 Å². The number of hydrogen-bond donors (Lipinski definition) is 2. The fourth-order valence-electron chi connectivity index (χ4n) is 2.02. The van der Waals surface area contributed by atoms with Gasteiger partial charge < -0.3 is 15.0 Å². The van der Waals surface area contributed by atoms with E-state index in [1.807, 2.05) is 20.8 Å². The molecule has 2 heterocycles. The Balaban J connectivity index is 1.92. The molecular formula is C13H19ClN4O3. The molecule has 0 bridgehead atoms. The first-order valence-corrected chi connectivity index (χ1v) is 7.12. The van der Waals surface area contributed by atoms with Crippen molar-refractivity contribution >= 4 is 23.6 Å². The number of halogens is 1. The minimum absolute atomic E-state index is 0.0156. The van der Waals surface area contributed by atoms with Gasteiger partial charge in [-0.15, -0.1) is 0 Å². The Bertz CT molecular complexity index is 582. The highest BCUT2D eigenvalue weighted by Gasteiger charge is 2.29. The molecule has 0 radical (unpaired) electrons. The molecule has 1 fully saturated rings. The largest absolute Gasteiger partial charge is 0.444 e. The number of hydrogen-bond acceptors (Lipinski definition) is 5. The molecule has 1 aliphatic rings. The Kier molecular flexibility index (Phi) is 4.41. The summed E-state index contributed by atoms with van der Waals surface area (Å²) >= 11 is 5.62. The average molecular weight is 315 g/mol.